The molecule has 6 heteroatoms. The zero-order valence-electron chi connectivity index (χ0n) is 14.6. The number of oxazole rings is 1. The van der Waals surface area contributed by atoms with Crippen LogP contribution < -0.4 is 11.1 Å². The van der Waals surface area contributed by atoms with Crippen LogP contribution in [0.4, 0.5) is 0 Å². The molecule has 0 bridgehead atoms. The molecule has 1 atom stereocenters. The molecule has 1 unspecified atom stereocenters. The Balaban J connectivity index is 1.64. The third-order valence-corrected chi connectivity index (χ3v) is 4.55. The minimum Gasteiger partial charge on any atom is -0.444 e. The molecule has 3 N–H and O–H groups in total. The van der Waals surface area contributed by atoms with Crippen LogP contribution in [0.5, 0.6) is 0 Å². The third kappa shape index (κ3) is 5.95. The second-order valence-corrected chi connectivity index (χ2v) is 6.79. The topological polar surface area (TPSA) is 84.4 Å². The number of carbonyl (C=O) groups is 1. The van der Waals surface area contributed by atoms with Gasteiger partial charge >= 0.3 is 0 Å². The van der Waals surface area contributed by atoms with E-state index in [1.54, 1.807) is 0 Å². The number of hydrogen-bond acceptors (Lipinski definition) is 5. The van der Waals surface area contributed by atoms with Gasteiger partial charge in [0.25, 0.3) is 0 Å². The van der Waals surface area contributed by atoms with E-state index in [1.807, 2.05) is 20.8 Å². The second-order valence-electron chi connectivity index (χ2n) is 6.79. The summed E-state index contributed by atoms with van der Waals surface area (Å²) in [4.78, 5) is 18.5. The highest BCUT2D eigenvalue weighted by molar-refractivity contribution is 5.75. The lowest BCUT2D eigenvalue weighted by molar-refractivity contribution is -0.121. The van der Waals surface area contributed by atoms with Crippen LogP contribution in [0.1, 0.15) is 50.0 Å². The predicted octanol–water partition coefficient (Wildman–Crippen LogP) is 1.75. The maximum absolute atomic E-state index is 11.7. The van der Waals surface area contributed by atoms with E-state index in [4.69, 9.17) is 10.2 Å². The lowest BCUT2D eigenvalue weighted by atomic mass is 9.96. The number of piperidine rings is 1. The van der Waals surface area contributed by atoms with Gasteiger partial charge in [-0.1, -0.05) is 0 Å². The molecule has 1 saturated heterocycles. The summed E-state index contributed by atoms with van der Waals surface area (Å²) in [6, 6.07) is 0.0893. The molecule has 1 aromatic rings. The van der Waals surface area contributed by atoms with Gasteiger partial charge in [-0.05, 0) is 59.0 Å². The Bertz CT molecular complexity index is 485. The summed E-state index contributed by atoms with van der Waals surface area (Å²) in [5.74, 6) is 2.40. The van der Waals surface area contributed by atoms with E-state index in [2.05, 4.69) is 15.2 Å². The Hall–Kier alpha value is -1.40. The van der Waals surface area contributed by atoms with Crippen LogP contribution >= 0.6 is 0 Å². The second kappa shape index (κ2) is 8.45. The number of likely N-dealkylation sites (tertiary alicyclic amines) is 1. The number of carbonyl (C=O) groups excluding carboxylic acids is 1. The average molecular weight is 322 g/mol. The molecular weight excluding hydrogens is 292 g/mol. The Morgan fingerprint density at radius 3 is 2.70 bits per heavy atom. The molecule has 6 nitrogen and oxygen atoms in total. The average Bonchev–Trinajstić information content (AvgIpc) is 2.82. The van der Waals surface area contributed by atoms with Gasteiger partial charge in [-0.15, -0.1) is 0 Å². The fraction of sp³-hybridized carbons (Fsp3) is 0.765. The summed E-state index contributed by atoms with van der Waals surface area (Å²) in [7, 11) is 0. The first-order valence-electron chi connectivity index (χ1n) is 8.61. The van der Waals surface area contributed by atoms with E-state index < -0.39 is 0 Å². The number of rotatable bonds is 7. The molecule has 23 heavy (non-hydrogen) atoms. The fourth-order valence-electron chi connectivity index (χ4n) is 2.85. The highest BCUT2D eigenvalue weighted by Crippen LogP contribution is 2.19. The van der Waals surface area contributed by atoms with Crippen LogP contribution in [-0.4, -0.2) is 41.5 Å². The van der Waals surface area contributed by atoms with E-state index in [0.717, 1.165) is 62.8 Å². The minimum absolute atomic E-state index is 0.0893. The van der Waals surface area contributed by atoms with Gasteiger partial charge in [0.15, 0.2) is 0 Å². The van der Waals surface area contributed by atoms with Crippen LogP contribution in [0.25, 0.3) is 0 Å². The summed E-state index contributed by atoms with van der Waals surface area (Å²) in [6.07, 6.45) is 3.48. The standard InChI is InChI=1S/C17H30N4O2/c1-12(18)4-5-16(22)19-10-15-6-8-21(9-7-15)11-17-20-13(2)14(3)23-17/h12,15H,4-11,18H2,1-3H3,(H,19,22). The molecule has 2 heterocycles. The van der Waals surface area contributed by atoms with Crippen LogP contribution in [0.3, 0.4) is 0 Å². The zero-order chi connectivity index (χ0) is 16.8. The van der Waals surface area contributed by atoms with Crippen molar-refractivity contribution in [2.75, 3.05) is 19.6 Å². The summed E-state index contributed by atoms with van der Waals surface area (Å²) in [5, 5.41) is 3.04. The Morgan fingerprint density at radius 2 is 2.13 bits per heavy atom. The van der Waals surface area contributed by atoms with Crippen LogP contribution in [-0.2, 0) is 11.3 Å². The van der Waals surface area contributed by atoms with E-state index in [1.165, 1.54) is 0 Å². The van der Waals surface area contributed by atoms with Gasteiger partial charge in [0.05, 0.1) is 12.2 Å². The van der Waals surface area contributed by atoms with Crippen molar-refractivity contribution in [2.45, 2.75) is 59.0 Å². The monoisotopic (exact) mass is 322 g/mol. The molecule has 0 radical (unpaired) electrons. The van der Waals surface area contributed by atoms with E-state index in [0.29, 0.717) is 12.3 Å². The molecule has 0 aromatic carbocycles. The SMILES string of the molecule is Cc1nc(CN2CCC(CNC(=O)CCC(C)N)CC2)oc1C. The number of nitrogens with two attached hydrogens (primary N) is 1. The minimum atomic E-state index is 0.0893. The van der Waals surface area contributed by atoms with Crippen molar-refractivity contribution < 1.29 is 9.21 Å². The number of hydrogen-bond donors (Lipinski definition) is 2. The van der Waals surface area contributed by atoms with Crippen molar-refractivity contribution in [3.8, 4) is 0 Å². The van der Waals surface area contributed by atoms with E-state index >= 15 is 0 Å². The predicted molar refractivity (Wildman–Crippen MR) is 89.9 cm³/mol. The van der Waals surface area contributed by atoms with Crippen molar-refractivity contribution in [1.29, 1.82) is 0 Å². The van der Waals surface area contributed by atoms with Gasteiger partial charge in [0, 0.05) is 19.0 Å². The fourth-order valence-corrected chi connectivity index (χ4v) is 2.85. The van der Waals surface area contributed by atoms with Gasteiger partial charge in [-0.25, -0.2) is 4.98 Å². The Morgan fingerprint density at radius 1 is 1.43 bits per heavy atom. The molecule has 0 aliphatic carbocycles. The lowest BCUT2D eigenvalue weighted by Crippen LogP contribution is -2.38. The first-order valence-corrected chi connectivity index (χ1v) is 8.61. The first-order chi connectivity index (χ1) is 10.9. The molecule has 0 saturated carbocycles. The molecule has 2 rings (SSSR count). The molecule has 0 spiro atoms. The van der Waals surface area contributed by atoms with Gasteiger partial charge in [-0.2, -0.15) is 0 Å². The lowest BCUT2D eigenvalue weighted by Gasteiger charge is -2.31. The number of nitrogens with one attached hydrogen (secondary N) is 1. The summed E-state index contributed by atoms with van der Waals surface area (Å²) in [5.41, 5.74) is 6.65. The van der Waals surface area contributed by atoms with Crippen molar-refractivity contribution >= 4 is 5.91 Å². The van der Waals surface area contributed by atoms with E-state index in [9.17, 15) is 4.79 Å². The van der Waals surface area contributed by atoms with Gasteiger partial charge in [-0.3, -0.25) is 9.69 Å². The quantitative estimate of drug-likeness (QED) is 0.799. The highest BCUT2D eigenvalue weighted by Gasteiger charge is 2.21. The highest BCUT2D eigenvalue weighted by atomic mass is 16.4. The first kappa shape index (κ1) is 17.9. The van der Waals surface area contributed by atoms with Gasteiger partial charge < -0.3 is 15.5 Å². The number of aryl methyl sites for hydroxylation is 2. The summed E-state index contributed by atoms with van der Waals surface area (Å²) in [6.45, 7) is 9.47. The maximum Gasteiger partial charge on any atom is 0.220 e. The summed E-state index contributed by atoms with van der Waals surface area (Å²) < 4.78 is 5.65. The van der Waals surface area contributed by atoms with Gasteiger partial charge in [0.2, 0.25) is 11.8 Å². The molecule has 130 valence electrons. The number of nitrogens with zero attached hydrogens (tertiary/aromatic N) is 2. The Kier molecular flexibility index (Phi) is 6.59. The molecule has 1 aromatic heterocycles. The van der Waals surface area contributed by atoms with Crippen LogP contribution in [0.2, 0.25) is 0 Å². The molecule has 1 aliphatic heterocycles. The normalized spacial score (nSPS) is 18.1. The largest absolute Gasteiger partial charge is 0.444 e. The molecular formula is C17H30N4O2. The maximum atomic E-state index is 11.7. The van der Waals surface area contributed by atoms with E-state index in [-0.39, 0.29) is 11.9 Å². The van der Waals surface area contributed by atoms with Crippen molar-refractivity contribution in [3.05, 3.63) is 17.3 Å². The summed E-state index contributed by atoms with van der Waals surface area (Å²) >= 11 is 0. The van der Waals surface area contributed by atoms with Crippen molar-refractivity contribution in [1.82, 2.24) is 15.2 Å². The van der Waals surface area contributed by atoms with Crippen molar-refractivity contribution in [2.24, 2.45) is 11.7 Å². The van der Waals surface area contributed by atoms with Gasteiger partial charge in [0.1, 0.15) is 5.76 Å². The Labute approximate surface area is 138 Å². The zero-order valence-corrected chi connectivity index (χ0v) is 14.6. The van der Waals surface area contributed by atoms with Crippen molar-refractivity contribution in [3.63, 3.8) is 0 Å². The number of aromatic nitrogens is 1. The molecule has 1 aliphatic rings. The smallest absolute Gasteiger partial charge is 0.220 e. The molecule has 1 fully saturated rings. The van der Waals surface area contributed by atoms with Crippen LogP contribution in [0.15, 0.2) is 4.42 Å². The third-order valence-electron chi connectivity index (χ3n) is 4.55. The molecule has 1 amide bonds. The number of amides is 1. The van der Waals surface area contributed by atoms with Crippen LogP contribution in [0, 0.1) is 19.8 Å².